The second kappa shape index (κ2) is 11.8. The third kappa shape index (κ3) is 6.15. The van der Waals surface area contributed by atoms with Gasteiger partial charge in [0.1, 0.15) is 17.5 Å². The molecule has 0 saturated carbocycles. The number of hydrogen-bond acceptors (Lipinski definition) is 4. The predicted molar refractivity (Wildman–Crippen MR) is 144 cm³/mol. The van der Waals surface area contributed by atoms with Gasteiger partial charge in [-0.2, -0.15) is 0 Å². The van der Waals surface area contributed by atoms with Gasteiger partial charge in [0.15, 0.2) is 5.16 Å². The molecule has 8 heteroatoms. The third-order valence-corrected chi connectivity index (χ3v) is 6.95. The van der Waals surface area contributed by atoms with E-state index < -0.39 is 0 Å². The van der Waals surface area contributed by atoms with Crippen LogP contribution in [0.4, 0.5) is 8.78 Å². The van der Waals surface area contributed by atoms with Crippen molar-refractivity contribution in [3.63, 3.8) is 0 Å². The largest absolute Gasteiger partial charge is 0.348 e. The Morgan fingerprint density at radius 2 is 1.45 bits per heavy atom. The number of nitrogens with zero attached hydrogens (tertiary/aromatic N) is 3. The number of carbonyl (C=O) groups is 1. The third-order valence-electron chi connectivity index (χ3n) is 5.95. The molecule has 5 nitrogen and oxygen atoms in total. The van der Waals surface area contributed by atoms with Crippen molar-refractivity contribution in [3.05, 3.63) is 143 Å². The van der Waals surface area contributed by atoms with Gasteiger partial charge in [-0.05, 0) is 53.1 Å². The monoisotopic (exact) mass is 526 g/mol. The van der Waals surface area contributed by atoms with Gasteiger partial charge in [0.05, 0.1) is 5.69 Å². The zero-order valence-electron chi connectivity index (χ0n) is 20.4. The number of aromatic nitrogens is 3. The standard InChI is InChI=1S/C30H24F2N4OS/c31-25-16-12-22(13-17-25)19-33-29(37)24-14-10-23(11-15-24)20-38-30-35-34-28(18-21-6-2-1-3-7-21)36(30)27-9-5-4-8-26(27)32/h1-17H,18-20H2,(H,33,37). The molecule has 0 aliphatic rings. The summed E-state index contributed by atoms with van der Waals surface area (Å²) in [5.41, 5.74) is 3.79. The molecule has 1 amide bonds. The first kappa shape index (κ1) is 25.4. The number of thioether (sulfide) groups is 1. The molecule has 4 aromatic carbocycles. The van der Waals surface area contributed by atoms with Gasteiger partial charge in [-0.1, -0.05) is 78.5 Å². The number of amides is 1. The Hall–Kier alpha value is -4.30. The van der Waals surface area contributed by atoms with Crippen molar-refractivity contribution >= 4 is 17.7 Å². The Morgan fingerprint density at radius 1 is 0.763 bits per heavy atom. The molecule has 5 rings (SSSR count). The van der Waals surface area contributed by atoms with Gasteiger partial charge in [-0.25, -0.2) is 8.78 Å². The van der Waals surface area contributed by atoms with E-state index in [0.717, 1.165) is 16.7 Å². The van der Waals surface area contributed by atoms with Crippen LogP contribution in [0.25, 0.3) is 5.69 Å². The lowest BCUT2D eigenvalue weighted by Crippen LogP contribution is -2.22. The first-order valence-corrected chi connectivity index (χ1v) is 13.0. The number of carbonyl (C=O) groups excluding carboxylic acids is 1. The molecule has 0 aliphatic heterocycles. The van der Waals surface area contributed by atoms with Crippen LogP contribution in [-0.4, -0.2) is 20.7 Å². The lowest BCUT2D eigenvalue weighted by Gasteiger charge is -2.11. The summed E-state index contributed by atoms with van der Waals surface area (Å²) in [6.07, 6.45) is 0.518. The van der Waals surface area contributed by atoms with Crippen LogP contribution in [0, 0.1) is 11.6 Å². The number of hydrogen-bond donors (Lipinski definition) is 1. The van der Waals surface area contributed by atoms with Gasteiger partial charge < -0.3 is 5.32 Å². The predicted octanol–water partition coefficient (Wildman–Crippen LogP) is 6.36. The number of nitrogens with one attached hydrogen (secondary N) is 1. The molecule has 0 fully saturated rings. The second-order valence-electron chi connectivity index (χ2n) is 8.64. The van der Waals surface area contributed by atoms with Gasteiger partial charge in [-0.15, -0.1) is 10.2 Å². The summed E-state index contributed by atoms with van der Waals surface area (Å²) >= 11 is 1.45. The van der Waals surface area contributed by atoms with Crippen molar-refractivity contribution < 1.29 is 13.6 Å². The van der Waals surface area contributed by atoms with E-state index >= 15 is 0 Å². The fourth-order valence-electron chi connectivity index (χ4n) is 3.95. The number of benzene rings is 4. The molecule has 0 saturated heterocycles. The Kier molecular flexibility index (Phi) is 7.89. The average Bonchev–Trinajstić information content (AvgIpc) is 3.34. The van der Waals surface area contributed by atoms with E-state index in [1.54, 1.807) is 47.0 Å². The lowest BCUT2D eigenvalue weighted by molar-refractivity contribution is 0.0951. The summed E-state index contributed by atoms with van der Waals surface area (Å²) in [5, 5.41) is 12.2. The van der Waals surface area contributed by atoms with E-state index in [2.05, 4.69) is 15.5 Å². The van der Waals surface area contributed by atoms with E-state index in [1.807, 2.05) is 42.5 Å². The van der Waals surface area contributed by atoms with Crippen molar-refractivity contribution in [2.45, 2.75) is 23.9 Å². The highest BCUT2D eigenvalue weighted by Crippen LogP contribution is 2.27. The molecule has 190 valence electrons. The Balaban J connectivity index is 1.28. The normalized spacial score (nSPS) is 10.9. The van der Waals surface area contributed by atoms with Crippen LogP contribution in [0.1, 0.15) is 32.9 Å². The molecule has 0 atom stereocenters. The molecule has 0 spiro atoms. The van der Waals surface area contributed by atoms with Gasteiger partial charge in [0, 0.05) is 24.3 Å². The van der Waals surface area contributed by atoms with Crippen molar-refractivity contribution in [3.8, 4) is 5.69 Å². The van der Waals surface area contributed by atoms with Crippen LogP contribution >= 0.6 is 11.8 Å². The van der Waals surface area contributed by atoms with Crippen LogP contribution in [0.3, 0.4) is 0 Å². The van der Waals surface area contributed by atoms with E-state index in [0.29, 0.717) is 41.0 Å². The Labute approximate surface area is 223 Å². The summed E-state index contributed by atoms with van der Waals surface area (Å²) in [6.45, 7) is 0.313. The van der Waals surface area contributed by atoms with Crippen molar-refractivity contribution in [1.82, 2.24) is 20.1 Å². The first-order chi connectivity index (χ1) is 18.6. The van der Waals surface area contributed by atoms with Crippen LogP contribution in [0.5, 0.6) is 0 Å². The quantitative estimate of drug-likeness (QED) is 0.227. The van der Waals surface area contributed by atoms with E-state index in [-0.39, 0.29) is 17.5 Å². The molecule has 1 heterocycles. The van der Waals surface area contributed by atoms with Crippen molar-refractivity contribution in [2.24, 2.45) is 0 Å². The van der Waals surface area contributed by atoms with Crippen LogP contribution in [0.2, 0.25) is 0 Å². The fraction of sp³-hybridized carbons (Fsp3) is 0.100. The zero-order chi connectivity index (χ0) is 26.3. The van der Waals surface area contributed by atoms with Crippen molar-refractivity contribution in [2.75, 3.05) is 0 Å². The summed E-state index contributed by atoms with van der Waals surface area (Å²) < 4.78 is 29.6. The summed E-state index contributed by atoms with van der Waals surface area (Å²) in [6, 6.07) is 29.8. The highest BCUT2D eigenvalue weighted by atomic mass is 32.2. The maximum Gasteiger partial charge on any atom is 0.251 e. The maximum atomic E-state index is 14.8. The first-order valence-electron chi connectivity index (χ1n) is 12.0. The zero-order valence-corrected chi connectivity index (χ0v) is 21.2. The minimum Gasteiger partial charge on any atom is -0.348 e. The van der Waals surface area contributed by atoms with Gasteiger partial charge in [-0.3, -0.25) is 9.36 Å². The highest BCUT2D eigenvalue weighted by Gasteiger charge is 2.18. The van der Waals surface area contributed by atoms with Gasteiger partial charge in [0.25, 0.3) is 5.91 Å². The summed E-state index contributed by atoms with van der Waals surface area (Å²) in [7, 11) is 0. The summed E-state index contributed by atoms with van der Waals surface area (Å²) in [4.78, 5) is 12.5. The second-order valence-corrected chi connectivity index (χ2v) is 9.59. The number of rotatable bonds is 9. The van der Waals surface area contributed by atoms with E-state index in [9.17, 15) is 13.6 Å². The smallest absolute Gasteiger partial charge is 0.251 e. The van der Waals surface area contributed by atoms with Crippen LogP contribution in [0.15, 0.2) is 108 Å². The van der Waals surface area contributed by atoms with E-state index in [4.69, 9.17) is 0 Å². The molecule has 0 unspecified atom stereocenters. The molecular weight excluding hydrogens is 502 g/mol. The number of para-hydroxylation sites is 1. The van der Waals surface area contributed by atoms with Crippen molar-refractivity contribution in [1.29, 1.82) is 0 Å². The summed E-state index contributed by atoms with van der Waals surface area (Å²) in [5.74, 6) is 0.345. The molecule has 0 aliphatic carbocycles. The molecule has 0 radical (unpaired) electrons. The molecule has 1 aromatic heterocycles. The molecule has 38 heavy (non-hydrogen) atoms. The fourth-order valence-corrected chi connectivity index (χ4v) is 4.87. The molecule has 0 bridgehead atoms. The van der Waals surface area contributed by atoms with Gasteiger partial charge in [0.2, 0.25) is 0 Å². The topological polar surface area (TPSA) is 59.8 Å². The Bertz CT molecular complexity index is 1520. The molecule has 5 aromatic rings. The molecule has 1 N–H and O–H groups in total. The lowest BCUT2D eigenvalue weighted by atomic mass is 10.1. The SMILES string of the molecule is O=C(NCc1ccc(F)cc1)c1ccc(CSc2nnc(Cc3ccccc3)n2-c2ccccc2F)cc1. The maximum absolute atomic E-state index is 14.8. The van der Waals surface area contributed by atoms with Crippen LogP contribution in [-0.2, 0) is 18.7 Å². The Morgan fingerprint density at radius 3 is 2.18 bits per heavy atom. The minimum atomic E-state index is -0.348. The minimum absolute atomic E-state index is 0.210. The van der Waals surface area contributed by atoms with Crippen LogP contribution < -0.4 is 5.32 Å². The average molecular weight is 527 g/mol. The number of halogens is 2. The van der Waals surface area contributed by atoms with Gasteiger partial charge >= 0.3 is 0 Å². The van der Waals surface area contributed by atoms with E-state index in [1.165, 1.54) is 30.0 Å². The molecular formula is C30H24F2N4OS. The highest BCUT2D eigenvalue weighted by molar-refractivity contribution is 7.98.